The fourth-order valence-electron chi connectivity index (χ4n) is 6.36. The van der Waals surface area contributed by atoms with Crippen molar-refractivity contribution < 1.29 is 28.6 Å². The van der Waals surface area contributed by atoms with Crippen LogP contribution in [0, 0.1) is 24.7 Å². The van der Waals surface area contributed by atoms with E-state index in [9.17, 15) is 14.4 Å². The Morgan fingerprint density at radius 1 is 0.930 bits per heavy atom. The number of ketones is 2. The number of ether oxygens (including phenoxy) is 3. The van der Waals surface area contributed by atoms with Gasteiger partial charge in [0.05, 0.1) is 11.6 Å². The molecule has 0 radical (unpaired) electrons. The lowest BCUT2D eigenvalue weighted by Crippen LogP contribution is -2.37. The maximum absolute atomic E-state index is 13.7. The van der Waals surface area contributed by atoms with Crippen molar-refractivity contribution in [1.29, 1.82) is 0 Å². The molecule has 3 aliphatic rings. The van der Waals surface area contributed by atoms with E-state index in [2.05, 4.69) is 33.0 Å². The van der Waals surface area contributed by atoms with Crippen LogP contribution in [-0.4, -0.2) is 30.7 Å². The second-order valence-electron chi connectivity index (χ2n) is 13.5. The third kappa shape index (κ3) is 6.37. The molecule has 8 heteroatoms. The topological polar surface area (TPSA) is 90.9 Å². The molecule has 1 amide bonds. The fourth-order valence-corrected chi connectivity index (χ4v) is 6.63. The summed E-state index contributed by atoms with van der Waals surface area (Å²) in [5.41, 5.74) is 3.88. The molecule has 0 unspecified atom stereocenters. The van der Waals surface area contributed by atoms with Gasteiger partial charge in [0, 0.05) is 48.4 Å². The molecule has 0 atom stereocenters. The van der Waals surface area contributed by atoms with Crippen molar-refractivity contribution in [2.24, 2.45) is 10.8 Å². The van der Waals surface area contributed by atoms with Gasteiger partial charge in [0.1, 0.15) is 11.5 Å². The molecule has 2 aromatic carbocycles. The van der Waals surface area contributed by atoms with Gasteiger partial charge in [0.25, 0.3) is 5.91 Å². The van der Waals surface area contributed by atoms with Crippen LogP contribution < -0.4 is 14.8 Å². The fraction of sp³-hybridized carbons (Fsp3) is 0.457. The molecule has 0 aromatic heterocycles. The Balaban J connectivity index is 1.52. The van der Waals surface area contributed by atoms with Crippen molar-refractivity contribution in [3.8, 4) is 11.5 Å². The first kappa shape index (κ1) is 30.9. The average molecular weight is 606 g/mol. The Morgan fingerprint density at radius 3 is 2.12 bits per heavy atom. The molecule has 2 aromatic rings. The summed E-state index contributed by atoms with van der Waals surface area (Å²) >= 11 is 6.82. The number of benzene rings is 2. The minimum Gasteiger partial charge on any atom is -0.490 e. The second-order valence-corrected chi connectivity index (χ2v) is 13.9. The number of carbonyl (C=O) groups is 3. The van der Waals surface area contributed by atoms with Gasteiger partial charge < -0.3 is 19.5 Å². The lowest BCUT2D eigenvalue weighted by atomic mass is 9.65. The van der Waals surface area contributed by atoms with Gasteiger partial charge in [-0.25, -0.2) is 0 Å². The number of hydrogen-bond acceptors (Lipinski definition) is 6. The van der Waals surface area contributed by atoms with Gasteiger partial charge >= 0.3 is 0 Å². The molecule has 0 spiro atoms. The largest absolute Gasteiger partial charge is 0.490 e. The van der Waals surface area contributed by atoms with E-state index in [1.165, 1.54) is 0 Å². The van der Waals surface area contributed by atoms with Gasteiger partial charge in [-0.3, -0.25) is 14.4 Å². The first-order valence-corrected chi connectivity index (χ1v) is 15.2. The zero-order valence-electron chi connectivity index (χ0n) is 26.0. The molecule has 0 fully saturated rings. The van der Waals surface area contributed by atoms with Crippen molar-refractivity contribution in [3.05, 3.63) is 74.7 Å². The summed E-state index contributed by atoms with van der Waals surface area (Å²) in [7, 11) is 0. The Bertz CT molecular complexity index is 1530. The molecule has 0 bridgehead atoms. The quantitative estimate of drug-likeness (QED) is 0.347. The molecule has 43 heavy (non-hydrogen) atoms. The summed E-state index contributed by atoms with van der Waals surface area (Å²) in [5, 5.41) is 3.12. The van der Waals surface area contributed by atoms with Crippen molar-refractivity contribution in [2.75, 3.05) is 18.5 Å². The number of amides is 1. The molecule has 1 N–H and O–H groups in total. The van der Waals surface area contributed by atoms with Gasteiger partial charge in [0.2, 0.25) is 0 Å². The number of hydrogen-bond donors (Lipinski definition) is 1. The normalized spacial score (nSPS) is 19.4. The van der Waals surface area contributed by atoms with E-state index in [1.54, 1.807) is 12.1 Å². The number of rotatable bonds is 7. The predicted octanol–water partition coefficient (Wildman–Crippen LogP) is 7.77. The summed E-state index contributed by atoms with van der Waals surface area (Å²) in [4.78, 5) is 40.1. The van der Waals surface area contributed by atoms with Crippen molar-refractivity contribution in [2.45, 2.75) is 80.1 Å². The van der Waals surface area contributed by atoms with Crippen LogP contribution >= 0.6 is 11.6 Å². The zero-order chi connectivity index (χ0) is 31.3. The number of aryl methyl sites for hydroxylation is 2. The van der Waals surface area contributed by atoms with Crippen molar-refractivity contribution in [1.82, 2.24) is 0 Å². The first-order chi connectivity index (χ1) is 20.2. The van der Waals surface area contributed by atoms with Crippen LogP contribution in [0.25, 0.3) is 0 Å². The molecular weight excluding hydrogens is 566 g/mol. The van der Waals surface area contributed by atoms with Crippen LogP contribution in [0.2, 0.25) is 5.02 Å². The second kappa shape index (κ2) is 11.5. The van der Waals surface area contributed by atoms with Crippen LogP contribution in [-0.2, 0) is 19.1 Å². The molecule has 1 aliphatic heterocycles. The maximum atomic E-state index is 13.7. The summed E-state index contributed by atoms with van der Waals surface area (Å²) in [5.74, 6) is 0.816. The van der Waals surface area contributed by atoms with E-state index in [4.69, 9.17) is 25.8 Å². The minimum atomic E-state index is -0.621. The molecular formula is C35H40ClNO6. The van der Waals surface area contributed by atoms with Gasteiger partial charge in [-0.05, 0) is 66.5 Å². The number of nitrogens with one attached hydrogen (secondary N) is 1. The maximum Gasteiger partial charge on any atom is 0.262 e. The van der Waals surface area contributed by atoms with Crippen LogP contribution in [0.5, 0.6) is 11.5 Å². The average Bonchev–Trinajstić information content (AvgIpc) is 2.87. The van der Waals surface area contributed by atoms with Gasteiger partial charge in [-0.2, -0.15) is 0 Å². The van der Waals surface area contributed by atoms with E-state index in [0.717, 1.165) is 11.1 Å². The molecule has 228 valence electrons. The number of Topliss-reactive ketones (excluding diaryl/α,β-unsaturated/α-hetero) is 2. The summed E-state index contributed by atoms with van der Waals surface area (Å²) < 4.78 is 18.3. The smallest absolute Gasteiger partial charge is 0.262 e. The lowest BCUT2D eigenvalue weighted by molar-refractivity contribution is -0.120. The van der Waals surface area contributed by atoms with Crippen molar-refractivity contribution in [3.63, 3.8) is 0 Å². The predicted molar refractivity (Wildman–Crippen MR) is 167 cm³/mol. The van der Waals surface area contributed by atoms with Crippen molar-refractivity contribution >= 4 is 34.8 Å². The van der Waals surface area contributed by atoms with Crippen LogP contribution in [0.4, 0.5) is 5.69 Å². The van der Waals surface area contributed by atoms with E-state index >= 15 is 0 Å². The van der Waals surface area contributed by atoms with E-state index < -0.39 is 5.92 Å². The van der Waals surface area contributed by atoms with Crippen LogP contribution in [0.1, 0.15) is 82.9 Å². The highest BCUT2D eigenvalue weighted by molar-refractivity contribution is 6.32. The third-order valence-corrected chi connectivity index (χ3v) is 8.54. The zero-order valence-corrected chi connectivity index (χ0v) is 26.8. The minimum absolute atomic E-state index is 0.0297. The van der Waals surface area contributed by atoms with Gasteiger partial charge in [-0.1, -0.05) is 51.4 Å². The molecule has 7 nitrogen and oxygen atoms in total. The number of carbonyl (C=O) groups excluding carboxylic acids is 3. The highest BCUT2D eigenvalue weighted by Gasteiger charge is 2.48. The van der Waals surface area contributed by atoms with E-state index in [-0.39, 0.29) is 45.7 Å². The Hall–Kier alpha value is -3.58. The van der Waals surface area contributed by atoms with Gasteiger partial charge in [0.15, 0.2) is 29.7 Å². The summed E-state index contributed by atoms with van der Waals surface area (Å²) in [6.45, 7) is 14.0. The monoisotopic (exact) mass is 605 g/mol. The highest BCUT2D eigenvalue weighted by Crippen LogP contribution is 2.54. The van der Waals surface area contributed by atoms with E-state index in [0.29, 0.717) is 72.0 Å². The SMILES string of the molecule is CCOc1cc(C2C3=C(CC(C)(C)CC3=O)OC3=C2C(=O)CC(C)(C)C3)cc(Cl)c1OCC(=O)Nc1cc(C)ccc1C. The number of halogens is 1. The molecule has 2 aliphatic carbocycles. The highest BCUT2D eigenvalue weighted by atomic mass is 35.5. The Labute approximate surface area is 258 Å². The lowest BCUT2D eigenvalue weighted by Gasteiger charge is -2.42. The number of allylic oxidation sites excluding steroid dienone is 4. The third-order valence-electron chi connectivity index (χ3n) is 8.26. The molecule has 1 heterocycles. The number of anilines is 1. The summed E-state index contributed by atoms with van der Waals surface area (Å²) in [6.07, 6.45) is 1.91. The molecule has 0 saturated heterocycles. The summed E-state index contributed by atoms with van der Waals surface area (Å²) in [6, 6.07) is 9.33. The first-order valence-electron chi connectivity index (χ1n) is 14.8. The molecule has 5 rings (SSSR count). The standard InChI is InChI=1S/C35H40ClNO6/c1-8-41-26-13-21(12-22(36)33(26)42-18-29(40)37-23-11-19(2)9-10-20(23)3)30-31-24(38)14-34(4,5)16-27(31)43-28-17-35(6,7)15-25(39)32(28)30/h9-13,30H,8,14-18H2,1-7H3,(H,37,40). The molecule has 0 saturated carbocycles. The Morgan fingerprint density at radius 2 is 1.53 bits per heavy atom. The van der Waals surface area contributed by atoms with Gasteiger partial charge in [-0.15, -0.1) is 0 Å². The van der Waals surface area contributed by atoms with Crippen LogP contribution in [0.15, 0.2) is 53.0 Å². The Kier molecular flexibility index (Phi) is 8.25. The van der Waals surface area contributed by atoms with E-state index in [1.807, 2.05) is 39.0 Å². The van der Waals surface area contributed by atoms with Crippen LogP contribution in [0.3, 0.4) is 0 Å².